The topological polar surface area (TPSA) is 12.0 Å². The van der Waals surface area contributed by atoms with Gasteiger partial charge in [0.15, 0.2) is 0 Å². The van der Waals surface area contributed by atoms with E-state index in [1.807, 2.05) is 25.1 Å². The van der Waals surface area contributed by atoms with Gasteiger partial charge in [0.2, 0.25) is 0 Å². The highest BCUT2D eigenvalue weighted by Gasteiger charge is 1.93. The van der Waals surface area contributed by atoms with Gasteiger partial charge in [0.25, 0.3) is 0 Å². The Balaban J connectivity index is 0.00000121. The van der Waals surface area contributed by atoms with Crippen molar-refractivity contribution in [3.8, 4) is 0 Å². The van der Waals surface area contributed by atoms with Gasteiger partial charge in [-0.3, -0.25) is 5.32 Å². The number of halogens is 2. The average molecular weight is 206 g/mol. The summed E-state index contributed by atoms with van der Waals surface area (Å²) in [6.07, 6.45) is 0. The van der Waals surface area contributed by atoms with E-state index in [9.17, 15) is 0 Å². The third kappa shape index (κ3) is 4.60. The number of rotatable bonds is 3. The molecule has 0 spiro atoms. The summed E-state index contributed by atoms with van der Waals surface area (Å²) in [6, 6.07) is 10.2. The van der Waals surface area contributed by atoms with E-state index in [1.54, 1.807) is 0 Å². The van der Waals surface area contributed by atoms with Gasteiger partial charge in [-0.25, -0.2) is 0 Å². The quantitative estimate of drug-likeness (QED) is 0.592. The SMILES string of the molecule is CC(Cl)NCc1ccccc1.Cl. The Morgan fingerprint density at radius 2 is 1.92 bits per heavy atom. The van der Waals surface area contributed by atoms with E-state index in [-0.39, 0.29) is 17.9 Å². The van der Waals surface area contributed by atoms with Crippen molar-refractivity contribution >= 4 is 24.0 Å². The molecule has 3 heteroatoms. The molecule has 0 aliphatic heterocycles. The van der Waals surface area contributed by atoms with E-state index in [0.717, 1.165) is 6.54 Å². The van der Waals surface area contributed by atoms with Crippen molar-refractivity contribution in [2.45, 2.75) is 19.0 Å². The second-order valence-corrected chi connectivity index (χ2v) is 3.14. The van der Waals surface area contributed by atoms with Crippen LogP contribution < -0.4 is 5.32 Å². The summed E-state index contributed by atoms with van der Waals surface area (Å²) in [5, 5.41) is 3.13. The molecule has 0 aliphatic carbocycles. The molecule has 0 bridgehead atoms. The lowest BCUT2D eigenvalue weighted by molar-refractivity contribution is 0.680. The molecule has 0 aliphatic rings. The lowest BCUT2D eigenvalue weighted by Crippen LogP contribution is -2.19. The minimum absolute atomic E-state index is 0. The van der Waals surface area contributed by atoms with Crippen LogP contribution in [0.25, 0.3) is 0 Å². The molecule has 0 amide bonds. The largest absolute Gasteiger partial charge is 0.297 e. The third-order valence-electron chi connectivity index (χ3n) is 1.43. The Labute approximate surface area is 84.5 Å². The van der Waals surface area contributed by atoms with Crippen LogP contribution in [-0.2, 0) is 6.54 Å². The highest BCUT2D eigenvalue weighted by atomic mass is 35.5. The third-order valence-corrected chi connectivity index (χ3v) is 1.58. The molecule has 0 fully saturated rings. The van der Waals surface area contributed by atoms with Crippen molar-refractivity contribution in [1.29, 1.82) is 0 Å². The lowest BCUT2D eigenvalue weighted by atomic mass is 10.2. The zero-order chi connectivity index (χ0) is 8.10. The predicted octanol–water partition coefficient (Wildman–Crippen LogP) is 2.78. The summed E-state index contributed by atoms with van der Waals surface area (Å²) >= 11 is 5.72. The van der Waals surface area contributed by atoms with E-state index in [2.05, 4.69) is 17.4 Å². The maximum absolute atomic E-state index is 5.72. The van der Waals surface area contributed by atoms with Crippen molar-refractivity contribution in [2.24, 2.45) is 0 Å². The second kappa shape index (κ2) is 6.30. The van der Waals surface area contributed by atoms with Crippen molar-refractivity contribution < 1.29 is 0 Å². The summed E-state index contributed by atoms with van der Waals surface area (Å²) in [6.45, 7) is 2.76. The minimum atomic E-state index is 0. The van der Waals surface area contributed by atoms with Crippen molar-refractivity contribution in [1.82, 2.24) is 5.32 Å². The van der Waals surface area contributed by atoms with Gasteiger partial charge in [0.05, 0.1) is 5.50 Å². The molecule has 1 aromatic rings. The number of benzene rings is 1. The van der Waals surface area contributed by atoms with Crippen LogP contribution in [0.2, 0.25) is 0 Å². The molecule has 0 aromatic heterocycles. The Hall–Kier alpha value is -0.240. The molecule has 1 unspecified atom stereocenters. The molecule has 1 N–H and O–H groups in total. The number of hydrogen-bond acceptors (Lipinski definition) is 1. The lowest BCUT2D eigenvalue weighted by Gasteiger charge is -2.05. The molecular formula is C9H13Cl2N. The van der Waals surface area contributed by atoms with Gasteiger partial charge in [0, 0.05) is 6.54 Å². The van der Waals surface area contributed by atoms with Crippen LogP contribution in [-0.4, -0.2) is 5.50 Å². The Morgan fingerprint density at radius 3 is 2.42 bits per heavy atom. The fourth-order valence-corrected chi connectivity index (χ4v) is 0.932. The maximum atomic E-state index is 5.72. The van der Waals surface area contributed by atoms with Gasteiger partial charge in [0.1, 0.15) is 0 Å². The first kappa shape index (κ1) is 11.8. The van der Waals surface area contributed by atoms with Gasteiger partial charge >= 0.3 is 0 Å². The smallest absolute Gasteiger partial charge is 0.0799 e. The highest BCUT2D eigenvalue weighted by molar-refractivity contribution is 6.20. The first-order chi connectivity index (χ1) is 5.29. The fraction of sp³-hybridized carbons (Fsp3) is 0.333. The Bertz CT molecular complexity index is 199. The monoisotopic (exact) mass is 205 g/mol. The number of alkyl halides is 1. The van der Waals surface area contributed by atoms with Crippen molar-refractivity contribution in [3.05, 3.63) is 35.9 Å². The molecule has 0 saturated carbocycles. The zero-order valence-electron chi connectivity index (χ0n) is 6.96. The summed E-state index contributed by atoms with van der Waals surface area (Å²) in [5.74, 6) is 0. The molecule has 0 heterocycles. The van der Waals surface area contributed by atoms with Crippen LogP contribution in [0, 0.1) is 0 Å². The maximum Gasteiger partial charge on any atom is 0.0799 e. The van der Waals surface area contributed by atoms with Crippen LogP contribution >= 0.6 is 24.0 Å². The molecular weight excluding hydrogens is 193 g/mol. The molecule has 12 heavy (non-hydrogen) atoms. The minimum Gasteiger partial charge on any atom is -0.297 e. The summed E-state index contributed by atoms with van der Waals surface area (Å²) in [7, 11) is 0. The first-order valence-electron chi connectivity index (χ1n) is 3.70. The van der Waals surface area contributed by atoms with E-state index < -0.39 is 0 Å². The number of hydrogen-bond donors (Lipinski definition) is 1. The normalized spacial score (nSPS) is 11.8. The fourth-order valence-electron chi connectivity index (χ4n) is 0.854. The molecule has 0 saturated heterocycles. The van der Waals surface area contributed by atoms with Gasteiger partial charge in [-0.1, -0.05) is 30.3 Å². The average Bonchev–Trinajstić information content (AvgIpc) is 2.03. The van der Waals surface area contributed by atoms with Crippen molar-refractivity contribution in [3.63, 3.8) is 0 Å². The van der Waals surface area contributed by atoms with Gasteiger partial charge < -0.3 is 0 Å². The Kier molecular flexibility index (Phi) is 6.17. The molecule has 68 valence electrons. The first-order valence-corrected chi connectivity index (χ1v) is 4.14. The van der Waals surface area contributed by atoms with E-state index in [1.165, 1.54) is 5.56 Å². The summed E-state index contributed by atoms with van der Waals surface area (Å²) < 4.78 is 0. The molecule has 1 atom stereocenters. The Morgan fingerprint density at radius 1 is 1.33 bits per heavy atom. The van der Waals surface area contributed by atoms with Gasteiger partial charge in [-0.05, 0) is 12.5 Å². The molecule has 1 rings (SSSR count). The zero-order valence-corrected chi connectivity index (χ0v) is 8.53. The van der Waals surface area contributed by atoms with Gasteiger partial charge in [-0.15, -0.1) is 24.0 Å². The van der Waals surface area contributed by atoms with Crippen LogP contribution in [0.1, 0.15) is 12.5 Å². The van der Waals surface area contributed by atoms with Crippen LogP contribution in [0.3, 0.4) is 0 Å². The molecule has 1 nitrogen and oxygen atoms in total. The molecule has 1 aromatic carbocycles. The summed E-state index contributed by atoms with van der Waals surface area (Å²) in [4.78, 5) is 0. The molecule has 0 radical (unpaired) electrons. The van der Waals surface area contributed by atoms with Crippen LogP contribution in [0.5, 0.6) is 0 Å². The standard InChI is InChI=1S/C9H12ClN.ClH/c1-8(10)11-7-9-5-3-2-4-6-9;/h2-6,8,11H,7H2,1H3;1H. The second-order valence-electron chi connectivity index (χ2n) is 2.48. The van der Waals surface area contributed by atoms with Crippen molar-refractivity contribution in [2.75, 3.05) is 0 Å². The van der Waals surface area contributed by atoms with E-state index >= 15 is 0 Å². The van der Waals surface area contributed by atoms with E-state index in [4.69, 9.17) is 11.6 Å². The summed E-state index contributed by atoms with van der Waals surface area (Å²) in [5.41, 5.74) is 1.30. The van der Waals surface area contributed by atoms with Crippen LogP contribution in [0.15, 0.2) is 30.3 Å². The van der Waals surface area contributed by atoms with E-state index in [0.29, 0.717) is 0 Å². The number of nitrogens with one attached hydrogen (secondary N) is 1. The van der Waals surface area contributed by atoms with Gasteiger partial charge in [-0.2, -0.15) is 0 Å². The predicted molar refractivity (Wildman–Crippen MR) is 55.8 cm³/mol. The highest BCUT2D eigenvalue weighted by Crippen LogP contribution is 1.98. The van der Waals surface area contributed by atoms with Crippen LogP contribution in [0.4, 0.5) is 0 Å².